The summed E-state index contributed by atoms with van der Waals surface area (Å²) in [6, 6.07) is 0. The lowest BCUT2D eigenvalue weighted by Gasteiger charge is -2.38. The molecule has 2 saturated carbocycles. The Morgan fingerprint density at radius 1 is 1.13 bits per heavy atom. The Kier molecular flexibility index (Phi) is 6.26. The SMILES string of the molecule is CC1(CCCCBr)CCC1.CC1CCC1. The van der Waals surface area contributed by atoms with E-state index in [4.69, 9.17) is 0 Å². The Morgan fingerprint density at radius 2 is 1.73 bits per heavy atom. The van der Waals surface area contributed by atoms with Gasteiger partial charge in [-0.25, -0.2) is 0 Å². The molecule has 0 aromatic rings. The van der Waals surface area contributed by atoms with Crippen LogP contribution in [0.4, 0.5) is 0 Å². The van der Waals surface area contributed by atoms with Crippen molar-refractivity contribution < 1.29 is 0 Å². The summed E-state index contributed by atoms with van der Waals surface area (Å²) in [6.07, 6.45) is 13.1. The molecule has 1 heteroatoms. The molecule has 0 atom stereocenters. The van der Waals surface area contributed by atoms with E-state index in [-0.39, 0.29) is 0 Å². The normalized spacial score (nSPS) is 23.4. The third kappa shape index (κ3) is 5.38. The quantitative estimate of drug-likeness (QED) is 0.466. The first kappa shape index (κ1) is 13.5. The van der Waals surface area contributed by atoms with Crippen LogP contribution in [0.2, 0.25) is 0 Å². The van der Waals surface area contributed by atoms with Crippen molar-refractivity contribution in [3.63, 3.8) is 0 Å². The first-order valence-corrected chi connectivity index (χ1v) is 7.84. The highest BCUT2D eigenvalue weighted by Gasteiger charge is 2.30. The van der Waals surface area contributed by atoms with E-state index in [1.807, 2.05) is 0 Å². The summed E-state index contributed by atoms with van der Waals surface area (Å²) < 4.78 is 0. The van der Waals surface area contributed by atoms with E-state index in [1.165, 1.54) is 63.1 Å². The predicted octanol–water partition coefficient (Wildman–Crippen LogP) is 5.55. The molecule has 0 amide bonds. The number of hydrogen-bond donors (Lipinski definition) is 0. The van der Waals surface area contributed by atoms with Gasteiger partial charge >= 0.3 is 0 Å². The van der Waals surface area contributed by atoms with E-state index >= 15 is 0 Å². The summed E-state index contributed by atoms with van der Waals surface area (Å²) >= 11 is 3.46. The lowest BCUT2D eigenvalue weighted by molar-refractivity contribution is 0.142. The van der Waals surface area contributed by atoms with Crippen molar-refractivity contribution in [2.24, 2.45) is 11.3 Å². The molecular weight excluding hydrogens is 248 g/mol. The number of rotatable bonds is 4. The minimum absolute atomic E-state index is 0.752. The van der Waals surface area contributed by atoms with E-state index in [0.29, 0.717) is 0 Å². The van der Waals surface area contributed by atoms with Crippen LogP contribution in [0.1, 0.15) is 71.6 Å². The monoisotopic (exact) mass is 274 g/mol. The van der Waals surface area contributed by atoms with E-state index in [1.54, 1.807) is 0 Å². The number of unbranched alkanes of at least 4 members (excludes halogenated alkanes) is 1. The molecule has 2 aliphatic carbocycles. The second kappa shape index (κ2) is 6.93. The van der Waals surface area contributed by atoms with Gasteiger partial charge in [-0.3, -0.25) is 0 Å². The van der Waals surface area contributed by atoms with Crippen molar-refractivity contribution in [2.75, 3.05) is 5.33 Å². The first-order valence-electron chi connectivity index (χ1n) is 6.72. The molecule has 0 aliphatic heterocycles. The topological polar surface area (TPSA) is 0 Å². The van der Waals surface area contributed by atoms with Crippen molar-refractivity contribution in [1.82, 2.24) is 0 Å². The summed E-state index contributed by atoms with van der Waals surface area (Å²) in [7, 11) is 0. The lowest BCUT2D eigenvalue weighted by atomic mass is 9.67. The van der Waals surface area contributed by atoms with Gasteiger partial charge in [0.1, 0.15) is 0 Å². The molecule has 0 bridgehead atoms. The van der Waals surface area contributed by atoms with Crippen LogP contribution < -0.4 is 0 Å². The van der Waals surface area contributed by atoms with E-state index in [2.05, 4.69) is 29.8 Å². The highest BCUT2D eigenvalue weighted by atomic mass is 79.9. The van der Waals surface area contributed by atoms with Crippen molar-refractivity contribution in [3.05, 3.63) is 0 Å². The highest BCUT2D eigenvalue weighted by molar-refractivity contribution is 9.09. The van der Waals surface area contributed by atoms with E-state index in [0.717, 1.165) is 11.3 Å². The van der Waals surface area contributed by atoms with E-state index < -0.39 is 0 Å². The van der Waals surface area contributed by atoms with Crippen LogP contribution in [0.5, 0.6) is 0 Å². The Morgan fingerprint density at radius 3 is 2.00 bits per heavy atom. The third-order valence-corrected chi connectivity index (χ3v) is 4.68. The first-order chi connectivity index (χ1) is 7.16. The molecule has 0 radical (unpaired) electrons. The molecule has 0 saturated heterocycles. The molecule has 0 aromatic carbocycles. The van der Waals surface area contributed by atoms with Gasteiger partial charge in [-0.1, -0.05) is 61.9 Å². The van der Waals surface area contributed by atoms with Gasteiger partial charge in [0.15, 0.2) is 0 Å². The zero-order valence-electron chi connectivity index (χ0n) is 10.5. The fourth-order valence-electron chi connectivity index (χ4n) is 2.29. The van der Waals surface area contributed by atoms with Gasteiger partial charge in [0, 0.05) is 5.33 Å². The summed E-state index contributed by atoms with van der Waals surface area (Å²) in [4.78, 5) is 0. The second-order valence-electron chi connectivity index (χ2n) is 5.85. The molecule has 0 nitrogen and oxygen atoms in total. The molecule has 0 heterocycles. The molecule has 2 aliphatic rings. The fraction of sp³-hybridized carbons (Fsp3) is 1.00. The maximum absolute atomic E-state index is 3.46. The lowest BCUT2D eigenvalue weighted by Crippen LogP contribution is -2.25. The maximum atomic E-state index is 3.46. The van der Waals surface area contributed by atoms with Gasteiger partial charge in [-0.05, 0) is 37.0 Å². The van der Waals surface area contributed by atoms with Crippen molar-refractivity contribution in [1.29, 1.82) is 0 Å². The Hall–Kier alpha value is 0.480. The van der Waals surface area contributed by atoms with Crippen LogP contribution in [0.15, 0.2) is 0 Å². The summed E-state index contributed by atoms with van der Waals surface area (Å²) in [5.41, 5.74) is 0.752. The Bertz CT molecular complexity index is 157. The van der Waals surface area contributed by atoms with Crippen LogP contribution in [-0.4, -0.2) is 5.33 Å². The largest absolute Gasteiger partial charge is 0.0928 e. The standard InChI is InChI=1S/C9H17Br.C5H10/c1-9(6-4-7-9)5-2-3-8-10;1-5-3-2-4-5/h2-8H2,1H3;5H,2-4H2,1H3. The number of alkyl halides is 1. The fourth-order valence-corrected chi connectivity index (χ4v) is 2.69. The minimum Gasteiger partial charge on any atom is -0.0928 e. The summed E-state index contributed by atoms with van der Waals surface area (Å²) in [5, 5.41) is 1.18. The zero-order valence-corrected chi connectivity index (χ0v) is 12.1. The zero-order chi connectivity index (χ0) is 11.1. The average Bonchev–Trinajstić information content (AvgIpc) is 2.14. The Balaban J connectivity index is 0.000000187. The average molecular weight is 275 g/mol. The smallest absolute Gasteiger partial charge is 0.00313 e. The van der Waals surface area contributed by atoms with Crippen LogP contribution in [0, 0.1) is 11.3 Å². The molecule has 0 N–H and O–H groups in total. The van der Waals surface area contributed by atoms with Crippen LogP contribution in [-0.2, 0) is 0 Å². The molecule has 0 aromatic heterocycles. The van der Waals surface area contributed by atoms with Crippen LogP contribution in [0.25, 0.3) is 0 Å². The van der Waals surface area contributed by atoms with Crippen LogP contribution >= 0.6 is 15.9 Å². The molecule has 2 rings (SSSR count). The molecule has 2 fully saturated rings. The predicted molar refractivity (Wildman–Crippen MR) is 72.6 cm³/mol. The van der Waals surface area contributed by atoms with Gasteiger partial charge in [-0.15, -0.1) is 0 Å². The van der Waals surface area contributed by atoms with Crippen molar-refractivity contribution in [3.8, 4) is 0 Å². The van der Waals surface area contributed by atoms with Gasteiger partial charge < -0.3 is 0 Å². The third-order valence-electron chi connectivity index (χ3n) is 4.12. The number of hydrogen-bond acceptors (Lipinski definition) is 0. The van der Waals surface area contributed by atoms with E-state index in [9.17, 15) is 0 Å². The highest BCUT2D eigenvalue weighted by Crippen LogP contribution is 2.44. The summed E-state index contributed by atoms with van der Waals surface area (Å²) in [6.45, 7) is 4.74. The van der Waals surface area contributed by atoms with Crippen molar-refractivity contribution in [2.45, 2.75) is 71.6 Å². The maximum Gasteiger partial charge on any atom is 0.00313 e. The van der Waals surface area contributed by atoms with Gasteiger partial charge in [-0.2, -0.15) is 0 Å². The summed E-state index contributed by atoms with van der Waals surface area (Å²) in [5.74, 6) is 1.06. The molecule has 0 unspecified atom stereocenters. The second-order valence-corrected chi connectivity index (χ2v) is 6.64. The van der Waals surface area contributed by atoms with Crippen LogP contribution in [0.3, 0.4) is 0 Å². The van der Waals surface area contributed by atoms with Gasteiger partial charge in [0.25, 0.3) is 0 Å². The molecule has 90 valence electrons. The van der Waals surface area contributed by atoms with Gasteiger partial charge in [0.05, 0.1) is 0 Å². The minimum atomic E-state index is 0.752. The molecule has 15 heavy (non-hydrogen) atoms. The van der Waals surface area contributed by atoms with Gasteiger partial charge in [0.2, 0.25) is 0 Å². The van der Waals surface area contributed by atoms with Crippen molar-refractivity contribution >= 4 is 15.9 Å². The number of halogens is 1. The molecule has 0 spiro atoms. The Labute approximate surface area is 104 Å². The molecular formula is C14H27Br.